The summed E-state index contributed by atoms with van der Waals surface area (Å²) in [5.41, 5.74) is 0.511. The third kappa shape index (κ3) is 5.49. The lowest BCUT2D eigenvalue weighted by Gasteiger charge is -2.29. The monoisotopic (exact) mass is 412 g/mol. The smallest absolute Gasteiger partial charge is 0.212 e. The number of alkyl halides is 2. The van der Waals surface area contributed by atoms with Crippen molar-refractivity contribution in [3.8, 4) is 0 Å². The van der Waals surface area contributed by atoms with Crippen LogP contribution in [0.5, 0.6) is 0 Å². The maximum absolute atomic E-state index is 12.1. The minimum atomic E-state index is -3.30. The topological polar surface area (TPSA) is 59.1 Å². The van der Waals surface area contributed by atoms with Gasteiger partial charge in [-0.3, -0.25) is 4.98 Å². The highest BCUT2D eigenvalue weighted by atomic mass is 79.9. The van der Waals surface area contributed by atoms with Crippen LogP contribution in [0.3, 0.4) is 0 Å². The molecule has 0 saturated carbocycles. The zero-order valence-corrected chi connectivity index (χ0v) is 14.8. The predicted octanol–water partition coefficient (Wildman–Crippen LogP) is 2.48. The third-order valence-electron chi connectivity index (χ3n) is 2.97. The number of pyridine rings is 1. The minimum Gasteiger partial charge on any atom is -0.265 e. The summed E-state index contributed by atoms with van der Waals surface area (Å²) < 4.78 is 27.0. The van der Waals surface area contributed by atoms with Crippen molar-refractivity contribution in [2.75, 3.05) is 16.4 Å². The van der Waals surface area contributed by atoms with Crippen molar-refractivity contribution < 1.29 is 8.42 Å². The highest BCUT2D eigenvalue weighted by Crippen LogP contribution is 2.18. The van der Waals surface area contributed by atoms with Gasteiger partial charge < -0.3 is 0 Å². The molecule has 1 aromatic rings. The van der Waals surface area contributed by atoms with Gasteiger partial charge in [0.15, 0.2) is 0 Å². The van der Waals surface area contributed by atoms with Gasteiger partial charge in [0.2, 0.25) is 10.0 Å². The van der Waals surface area contributed by atoms with Crippen molar-refractivity contribution in [1.29, 1.82) is 0 Å². The highest BCUT2D eigenvalue weighted by Gasteiger charge is 2.30. The van der Waals surface area contributed by atoms with Crippen molar-refractivity contribution in [2.24, 2.45) is 0 Å². The fourth-order valence-electron chi connectivity index (χ4n) is 1.53. The number of aryl methyl sites for hydroxylation is 1. The standard InChI is InChI=1S/C12H18Br2N2O2S/c1-2-12(9-13,10-14)16-19(17,18)8-5-11-3-6-15-7-4-11/h3-4,6-7,16H,2,5,8-10H2,1H3. The maximum atomic E-state index is 12.1. The zero-order valence-electron chi connectivity index (χ0n) is 10.8. The predicted molar refractivity (Wildman–Crippen MR) is 85.5 cm³/mol. The molecule has 0 aliphatic heterocycles. The maximum Gasteiger partial charge on any atom is 0.212 e. The second kappa shape index (κ2) is 7.71. The Bertz CT molecular complexity index is 467. The number of sulfonamides is 1. The van der Waals surface area contributed by atoms with Crippen LogP contribution >= 0.6 is 31.9 Å². The number of nitrogens with one attached hydrogen (secondary N) is 1. The Morgan fingerprint density at radius 1 is 1.26 bits per heavy atom. The molecule has 0 aliphatic rings. The normalized spacial score (nSPS) is 12.6. The van der Waals surface area contributed by atoms with Gasteiger partial charge >= 0.3 is 0 Å². The molecule has 1 N–H and O–H groups in total. The molecule has 0 bridgehead atoms. The lowest BCUT2D eigenvalue weighted by atomic mass is 10.0. The van der Waals surface area contributed by atoms with Crippen LogP contribution in [0.2, 0.25) is 0 Å². The molecule has 7 heteroatoms. The Hall–Kier alpha value is 0.0200. The molecule has 1 rings (SSSR count). The van der Waals surface area contributed by atoms with Crippen molar-refractivity contribution in [3.63, 3.8) is 0 Å². The van der Waals surface area contributed by atoms with Crippen molar-refractivity contribution in [3.05, 3.63) is 30.1 Å². The SMILES string of the molecule is CCC(CBr)(CBr)NS(=O)(=O)CCc1ccncc1. The first-order valence-corrected chi connectivity index (χ1v) is 9.89. The molecule has 1 heterocycles. The van der Waals surface area contributed by atoms with Crippen LogP contribution in [-0.2, 0) is 16.4 Å². The van der Waals surface area contributed by atoms with E-state index in [2.05, 4.69) is 41.6 Å². The number of rotatable bonds is 8. The summed E-state index contributed by atoms with van der Waals surface area (Å²) in [6.07, 6.45) is 4.55. The summed E-state index contributed by atoms with van der Waals surface area (Å²) in [6, 6.07) is 3.66. The van der Waals surface area contributed by atoms with E-state index < -0.39 is 15.6 Å². The van der Waals surface area contributed by atoms with Crippen molar-refractivity contribution >= 4 is 41.9 Å². The number of hydrogen-bond donors (Lipinski definition) is 1. The molecule has 0 saturated heterocycles. The lowest BCUT2D eigenvalue weighted by Crippen LogP contribution is -2.51. The molecule has 0 aliphatic carbocycles. The summed E-state index contributed by atoms with van der Waals surface area (Å²) in [5, 5.41) is 1.16. The first-order valence-electron chi connectivity index (χ1n) is 5.99. The summed E-state index contributed by atoms with van der Waals surface area (Å²) in [4.78, 5) is 3.91. The number of nitrogens with zero attached hydrogens (tertiary/aromatic N) is 1. The number of halogens is 2. The van der Waals surface area contributed by atoms with Crippen molar-refractivity contribution in [2.45, 2.75) is 25.3 Å². The van der Waals surface area contributed by atoms with Gasteiger partial charge in [0.1, 0.15) is 0 Å². The van der Waals surface area contributed by atoms with Crippen molar-refractivity contribution in [1.82, 2.24) is 9.71 Å². The molecule has 0 radical (unpaired) electrons. The van der Waals surface area contributed by atoms with E-state index in [9.17, 15) is 8.42 Å². The largest absolute Gasteiger partial charge is 0.265 e. The Labute approximate surface area is 131 Å². The summed E-state index contributed by atoms with van der Waals surface area (Å²) >= 11 is 6.75. The van der Waals surface area contributed by atoms with Gasteiger partial charge in [0.05, 0.1) is 11.3 Å². The van der Waals surface area contributed by atoms with E-state index in [1.165, 1.54) is 0 Å². The van der Waals surface area contributed by atoms with Crippen LogP contribution < -0.4 is 4.72 Å². The zero-order chi connectivity index (χ0) is 14.4. The molecule has 0 spiro atoms. The lowest BCUT2D eigenvalue weighted by molar-refractivity contribution is 0.459. The van der Waals surface area contributed by atoms with E-state index in [0.717, 1.165) is 12.0 Å². The average molecular weight is 414 g/mol. The Morgan fingerprint density at radius 2 is 1.84 bits per heavy atom. The molecular weight excluding hydrogens is 396 g/mol. The highest BCUT2D eigenvalue weighted by molar-refractivity contribution is 9.09. The number of aromatic nitrogens is 1. The van der Waals surface area contributed by atoms with Gasteiger partial charge in [0.25, 0.3) is 0 Å². The number of hydrogen-bond acceptors (Lipinski definition) is 3. The van der Waals surface area contributed by atoms with Crippen LogP contribution in [-0.4, -0.2) is 35.4 Å². The summed E-state index contributed by atoms with van der Waals surface area (Å²) in [7, 11) is -3.30. The van der Waals surface area contributed by atoms with Crippen LogP contribution in [0, 0.1) is 0 Å². The quantitative estimate of drug-likeness (QED) is 0.666. The molecule has 108 valence electrons. The van der Waals surface area contributed by atoms with Gasteiger partial charge in [-0.15, -0.1) is 0 Å². The molecular formula is C12H18Br2N2O2S. The average Bonchev–Trinajstić information content (AvgIpc) is 2.44. The third-order valence-corrected chi connectivity index (χ3v) is 6.60. The summed E-state index contributed by atoms with van der Waals surface area (Å²) in [6.45, 7) is 1.97. The first-order chi connectivity index (χ1) is 8.97. The van der Waals surface area contributed by atoms with Crippen LogP contribution in [0.25, 0.3) is 0 Å². The van der Waals surface area contributed by atoms with Gasteiger partial charge in [-0.05, 0) is 30.5 Å². The minimum absolute atomic E-state index is 0.0821. The van der Waals surface area contributed by atoms with Gasteiger partial charge in [-0.1, -0.05) is 38.8 Å². The molecule has 0 amide bonds. The van der Waals surface area contributed by atoms with E-state index >= 15 is 0 Å². The molecule has 0 atom stereocenters. The van der Waals surface area contributed by atoms with E-state index in [-0.39, 0.29) is 5.75 Å². The molecule has 1 aromatic heterocycles. The molecule has 0 unspecified atom stereocenters. The van der Waals surface area contributed by atoms with Gasteiger partial charge in [0, 0.05) is 23.1 Å². The van der Waals surface area contributed by atoms with Gasteiger partial charge in [-0.2, -0.15) is 0 Å². The van der Waals surface area contributed by atoms with Crippen LogP contribution in [0.15, 0.2) is 24.5 Å². The summed E-state index contributed by atoms with van der Waals surface area (Å²) in [5.74, 6) is 0.0821. The second-order valence-electron chi connectivity index (χ2n) is 4.43. The van der Waals surface area contributed by atoms with Crippen LogP contribution in [0.4, 0.5) is 0 Å². The Morgan fingerprint density at radius 3 is 2.32 bits per heavy atom. The molecule has 4 nitrogen and oxygen atoms in total. The fourth-order valence-corrected chi connectivity index (χ4v) is 5.46. The first kappa shape index (κ1) is 17.1. The second-order valence-corrected chi connectivity index (χ2v) is 7.39. The molecule has 0 aromatic carbocycles. The van der Waals surface area contributed by atoms with E-state index in [1.54, 1.807) is 12.4 Å². The van der Waals surface area contributed by atoms with Gasteiger partial charge in [-0.25, -0.2) is 13.1 Å². The fraction of sp³-hybridized carbons (Fsp3) is 0.583. The Kier molecular flexibility index (Phi) is 6.93. The van der Waals surface area contributed by atoms with E-state index in [4.69, 9.17) is 0 Å². The Balaban J connectivity index is 2.66. The molecule has 0 fully saturated rings. The van der Waals surface area contributed by atoms with Crippen LogP contribution in [0.1, 0.15) is 18.9 Å². The molecule has 19 heavy (non-hydrogen) atoms. The van der Waals surface area contributed by atoms with E-state index in [0.29, 0.717) is 17.1 Å². The van der Waals surface area contributed by atoms with E-state index in [1.807, 2.05) is 19.1 Å².